The Morgan fingerprint density at radius 2 is 2.19 bits per heavy atom. The lowest BCUT2D eigenvalue weighted by Crippen LogP contribution is -2.04. The largest absolute Gasteiger partial charge is 0.434 e. The molecule has 1 aromatic carbocycles. The summed E-state index contributed by atoms with van der Waals surface area (Å²) in [6.45, 7) is -3.12. The highest BCUT2D eigenvalue weighted by molar-refractivity contribution is 5.67. The zero-order chi connectivity index (χ0) is 12.3. The monoisotopic (exact) mass is 229 g/mol. The van der Waals surface area contributed by atoms with Crippen molar-refractivity contribution in [3.8, 4) is 11.8 Å². The third-order valence-electron chi connectivity index (χ3n) is 1.66. The van der Waals surface area contributed by atoms with Gasteiger partial charge in [-0.1, -0.05) is 0 Å². The van der Waals surface area contributed by atoms with Crippen LogP contribution in [0.4, 0.5) is 20.2 Å². The van der Waals surface area contributed by atoms with Crippen molar-refractivity contribution in [2.45, 2.75) is 6.61 Å². The topological polar surface area (TPSA) is 102 Å². The second-order valence-corrected chi connectivity index (χ2v) is 2.65. The second-order valence-electron chi connectivity index (χ2n) is 2.65. The van der Waals surface area contributed by atoms with Crippen molar-refractivity contribution in [3.05, 3.63) is 27.8 Å². The van der Waals surface area contributed by atoms with Gasteiger partial charge in [-0.3, -0.25) is 10.1 Å². The van der Waals surface area contributed by atoms with Crippen molar-refractivity contribution in [2.24, 2.45) is 0 Å². The zero-order valence-electron chi connectivity index (χ0n) is 7.68. The van der Waals surface area contributed by atoms with E-state index in [1.807, 2.05) is 0 Å². The van der Waals surface area contributed by atoms with Crippen molar-refractivity contribution < 1.29 is 18.4 Å². The summed E-state index contributed by atoms with van der Waals surface area (Å²) in [6, 6.07) is 3.17. The van der Waals surface area contributed by atoms with E-state index in [2.05, 4.69) is 4.74 Å². The summed E-state index contributed by atoms with van der Waals surface area (Å²) in [6.07, 6.45) is 0. The summed E-state index contributed by atoms with van der Waals surface area (Å²) >= 11 is 0. The van der Waals surface area contributed by atoms with Gasteiger partial charge in [-0.05, 0) is 0 Å². The van der Waals surface area contributed by atoms with Gasteiger partial charge in [-0.15, -0.1) is 0 Å². The van der Waals surface area contributed by atoms with Crippen molar-refractivity contribution in [3.63, 3.8) is 0 Å². The number of halogens is 2. The smallest absolute Gasteiger partial charge is 0.387 e. The van der Waals surface area contributed by atoms with E-state index in [-0.39, 0.29) is 11.3 Å². The third kappa shape index (κ3) is 2.33. The molecule has 2 N–H and O–H groups in total. The normalized spacial score (nSPS) is 9.88. The third-order valence-corrected chi connectivity index (χ3v) is 1.66. The Kier molecular flexibility index (Phi) is 3.20. The van der Waals surface area contributed by atoms with Gasteiger partial charge in [-0.25, -0.2) is 0 Å². The highest BCUT2D eigenvalue weighted by Gasteiger charge is 2.20. The first-order chi connectivity index (χ1) is 7.45. The maximum absolute atomic E-state index is 11.9. The van der Waals surface area contributed by atoms with Gasteiger partial charge in [0.1, 0.15) is 11.8 Å². The molecule has 0 spiro atoms. The minimum atomic E-state index is -3.12. The van der Waals surface area contributed by atoms with E-state index in [1.165, 1.54) is 6.07 Å². The van der Waals surface area contributed by atoms with Gasteiger partial charge in [0, 0.05) is 6.07 Å². The molecule has 6 nitrogen and oxygen atoms in total. The van der Waals surface area contributed by atoms with Crippen LogP contribution < -0.4 is 10.5 Å². The van der Waals surface area contributed by atoms with Crippen molar-refractivity contribution in [2.75, 3.05) is 5.73 Å². The van der Waals surface area contributed by atoms with Crippen molar-refractivity contribution in [1.82, 2.24) is 0 Å². The number of nitriles is 1. The fourth-order valence-corrected chi connectivity index (χ4v) is 1.06. The summed E-state index contributed by atoms with van der Waals surface area (Å²) < 4.78 is 27.7. The minimum absolute atomic E-state index is 0.285. The summed E-state index contributed by atoms with van der Waals surface area (Å²) in [7, 11) is 0. The second kappa shape index (κ2) is 4.39. The van der Waals surface area contributed by atoms with E-state index in [0.717, 1.165) is 12.1 Å². The highest BCUT2D eigenvalue weighted by Crippen LogP contribution is 2.30. The Morgan fingerprint density at radius 3 is 2.62 bits per heavy atom. The number of hydrogen-bond acceptors (Lipinski definition) is 5. The molecular formula is C8H5F2N3O3. The number of nitrogen functional groups attached to an aromatic ring is 1. The van der Waals surface area contributed by atoms with Crippen LogP contribution in [0, 0.1) is 21.4 Å². The Balaban J connectivity index is 3.29. The molecule has 0 amide bonds. The first-order valence-corrected chi connectivity index (χ1v) is 3.88. The molecule has 0 aliphatic carbocycles. The van der Waals surface area contributed by atoms with Crippen LogP contribution in [0.5, 0.6) is 5.75 Å². The quantitative estimate of drug-likeness (QED) is 0.482. The molecule has 8 heteroatoms. The van der Waals surface area contributed by atoms with Crippen LogP contribution in [-0.2, 0) is 0 Å². The number of nitrogens with zero attached hydrogens (tertiary/aromatic N) is 2. The SMILES string of the molecule is N#Cc1c(N)cc(OC(F)F)cc1[N+](=O)[O-]. The van der Waals surface area contributed by atoms with E-state index >= 15 is 0 Å². The molecule has 0 aliphatic heterocycles. The lowest BCUT2D eigenvalue weighted by molar-refractivity contribution is -0.385. The van der Waals surface area contributed by atoms with Gasteiger partial charge in [-0.2, -0.15) is 14.0 Å². The summed E-state index contributed by atoms with van der Waals surface area (Å²) in [4.78, 5) is 9.63. The Hall–Kier alpha value is -2.43. The average Bonchev–Trinajstić information content (AvgIpc) is 2.15. The van der Waals surface area contributed by atoms with Crippen LogP contribution in [0.3, 0.4) is 0 Å². The van der Waals surface area contributed by atoms with E-state index in [9.17, 15) is 18.9 Å². The molecule has 0 saturated carbocycles. The van der Waals surface area contributed by atoms with Crippen LogP contribution in [0.1, 0.15) is 5.56 Å². The zero-order valence-corrected chi connectivity index (χ0v) is 7.68. The van der Waals surface area contributed by atoms with E-state index in [4.69, 9.17) is 11.0 Å². The van der Waals surface area contributed by atoms with E-state index < -0.39 is 23.0 Å². The molecule has 0 aliphatic rings. The number of nitro groups is 1. The van der Waals surface area contributed by atoms with Gasteiger partial charge >= 0.3 is 6.61 Å². The van der Waals surface area contributed by atoms with Gasteiger partial charge in [0.15, 0.2) is 5.56 Å². The van der Waals surface area contributed by atoms with Crippen LogP contribution in [-0.4, -0.2) is 11.5 Å². The van der Waals surface area contributed by atoms with E-state index in [0.29, 0.717) is 0 Å². The molecular weight excluding hydrogens is 224 g/mol. The molecule has 1 rings (SSSR count). The van der Waals surface area contributed by atoms with Crippen LogP contribution in [0.2, 0.25) is 0 Å². The number of rotatable bonds is 3. The molecule has 0 saturated heterocycles. The summed E-state index contributed by atoms with van der Waals surface area (Å²) in [5.74, 6) is -0.460. The molecule has 0 radical (unpaired) electrons. The number of ether oxygens (including phenoxy) is 1. The molecule has 0 bridgehead atoms. The predicted molar refractivity (Wildman–Crippen MR) is 48.9 cm³/mol. The fraction of sp³-hybridized carbons (Fsp3) is 0.125. The highest BCUT2D eigenvalue weighted by atomic mass is 19.3. The number of alkyl halides is 2. The molecule has 0 atom stereocenters. The molecule has 0 unspecified atom stereocenters. The van der Waals surface area contributed by atoms with Gasteiger partial charge in [0.25, 0.3) is 5.69 Å². The van der Waals surface area contributed by atoms with Gasteiger partial charge < -0.3 is 10.5 Å². The van der Waals surface area contributed by atoms with Crippen LogP contribution in [0.25, 0.3) is 0 Å². The number of nitro benzene ring substituents is 1. The maximum Gasteiger partial charge on any atom is 0.387 e. The van der Waals surface area contributed by atoms with Crippen molar-refractivity contribution in [1.29, 1.82) is 5.26 Å². The first-order valence-electron chi connectivity index (χ1n) is 3.88. The Bertz CT molecular complexity index is 470. The van der Waals surface area contributed by atoms with Gasteiger partial charge in [0.2, 0.25) is 0 Å². The lowest BCUT2D eigenvalue weighted by atomic mass is 10.1. The average molecular weight is 229 g/mol. The molecule has 1 aromatic rings. The first kappa shape index (κ1) is 11.6. The molecule has 84 valence electrons. The number of hydrogen-bond donors (Lipinski definition) is 1. The summed E-state index contributed by atoms with van der Waals surface area (Å²) in [5.41, 5.74) is 3.96. The molecule has 16 heavy (non-hydrogen) atoms. The minimum Gasteiger partial charge on any atom is -0.434 e. The number of anilines is 1. The standard InChI is InChI=1S/C8H5F2N3O3/c9-8(10)16-4-1-6(12)5(3-11)7(2-4)13(14)15/h1-2,8H,12H2. The van der Waals surface area contributed by atoms with Crippen LogP contribution >= 0.6 is 0 Å². The Labute approximate surface area is 88.0 Å². The van der Waals surface area contributed by atoms with Crippen LogP contribution in [0.15, 0.2) is 12.1 Å². The van der Waals surface area contributed by atoms with E-state index in [1.54, 1.807) is 0 Å². The van der Waals surface area contributed by atoms with Crippen molar-refractivity contribution >= 4 is 11.4 Å². The lowest BCUT2D eigenvalue weighted by Gasteiger charge is -2.06. The number of benzene rings is 1. The predicted octanol–water partition coefficient (Wildman–Crippen LogP) is 1.65. The molecule has 0 fully saturated rings. The van der Waals surface area contributed by atoms with Gasteiger partial charge in [0.05, 0.1) is 16.7 Å². The maximum atomic E-state index is 11.9. The fourth-order valence-electron chi connectivity index (χ4n) is 1.06. The Morgan fingerprint density at radius 1 is 1.56 bits per heavy atom. The molecule has 0 heterocycles. The number of nitrogens with two attached hydrogens (primary N) is 1. The molecule has 0 aromatic heterocycles. The summed E-state index contributed by atoms with van der Waals surface area (Å²) in [5, 5.41) is 19.1.